The van der Waals surface area contributed by atoms with Gasteiger partial charge in [-0.2, -0.15) is 0 Å². The molecule has 2 N–H and O–H groups in total. The van der Waals surface area contributed by atoms with Crippen molar-refractivity contribution in [2.45, 2.75) is 82.3 Å². The van der Waals surface area contributed by atoms with Gasteiger partial charge in [-0.25, -0.2) is 0 Å². The van der Waals surface area contributed by atoms with Gasteiger partial charge >= 0.3 is 0 Å². The van der Waals surface area contributed by atoms with Crippen LogP contribution in [0.3, 0.4) is 0 Å². The van der Waals surface area contributed by atoms with Gasteiger partial charge in [-0.05, 0) is 56.8 Å². The molecule has 3 atom stereocenters. The third-order valence-corrected chi connectivity index (χ3v) is 6.56. The fourth-order valence-electron chi connectivity index (χ4n) is 4.89. The third kappa shape index (κ3) is 3.46. The highest BCUT2D eigenvalue weighted by Gasteiger charge is 2.45. The second kappa shape index (κ2) is 6.55. The maximum Gasteiger partial charge on any atom is 0.0729 e. The lowest BCUT2D eigenvalue weighted by molar-refractivity contribution is -0.155. The van der Waals surface area contributed by atoms with Gasteiger partial charge in [-0.15, -0.1) is 0 Å². The smallest absolute Gasteiger partial charge is 0.0729 e. The minimum absolute atomic E-state index is 0.0685. The summed E-state index contributed by atoms with van der Waals surface area (Å²) in [7, 11) is 0. The van der Waals surface area contributed by atoms with E-state index < -0.39 is 0 Å². The largest absolute Gasteiger partial charge is 0.381 e. The van der Waals surface area contributed by atoms with Crippen LogP contribution < -0.4 is 5.73 Å². The van der Waals surface area contributed by atoms with Gasteiger partial charge in [-0.1, -0.05) is 26.2 Å². The lowest BCUT2D eigenvalue weighted by Crippen LogP contribution is -2.54. The molecule has 3 nitrogen and oxygen atoms in total. The minimum atomic E-state index is 0.0685. The zero-order chi connectivity index (χ0) is 14.8. The van der Waals surface area contributed by atoms with Crippen molar-refractivity contribution in [2.24, 2.45) is 17.6 Å². The summed E-state index contributed by atoms with van der Waals surface area (Å²) in [5.41, 5.74) is 7.11. The van der Waals surface area contributed by atoms with Crippen molar-refractivity contribution in [1.29, 1.82) is 0 Å². The second-order valence-electron chi connectivity index (χ2n) is 7.77. The van der Waals surface area contributed by atoms with E-state index in [0.29, 0.717) is 5.92 Å². The van der Waals surface area contributed by atoms with Crippen LogP contribution in [0.15, 0.2) is 0 Å². The van der Waals surface area contributed by atoms with E-state index in [1.807, 2.05) is 0 Å². The Kier molecular flexibility index (Phi) is 4.92. The molecule has 0 radical (unpaired) electrons. The monoisotopic (exact) mass is 295 g/mol. The number of nitrogens with two attached hydrogens (primary N) is 1. The van der Waals surface area contributed by atoms with Crippen molar-refractivity contribution >= 4 is 0 Å². The Labute approximate surface area is 129 Å². The number of hydrogen-bond acceptors (Lipinski definition) is 3. The SMILES string of the molecule is CCC1CCCC(N)(C2CCOC3(CCOCC3)C2)CC1. The van der Waals surface area contributed by atoms with E-state index in [0.717, 1.165) is 45.0 Å². The van der Waals surface area contributed by atoms with Gasteiger partial charge in [0.05, 0.1) is 5.60 Å². The Morgan fingerprint density at radius 1 is 1.00 bits per heavy atom. The summed E-state index contributed by atoms with van der Waals surface area (Å²) in [6.45, 7) is 4.96. The quantitative estimate of drug-likeness (QED) is 0.791. The number of rotatable bonds is 2. The summed E-state index contributed by atoms with van der Waals surface area (Å²) in [5.74, 6) is 1.56. The van der Waals surface area contributed by atoms with Gasteiger partial charge in [-0.3, -0.25) is 0 Å². The van der Waals surface area contributed by atoms with Crippen LogP contribution >= 0.6 is 0 Å². The molecule has 0 aromatic carbocycles. The fourth-order valence-corrected chi connectivity index (χ4v) is 4.89. The Bertz CT molecular complexity index is 335. The highest BCUT2D eigenvalue weighted by Crippen LogP contribution is 2.45. The van der Waals surface area contributed by atoms with E-state index in [1.165, 1.54) is 44.9 Å². The molecule has 0 aromatic rings. The van der Waals surface area contributed by atoms with Crippen LogP contribution in [0.5, 0.6) is 0 Å². The van der Waals surface area contributed by atoms with Gasteiger partial charge < -0.3 is 15.2 Å². The summed E-state index contributed by atoms with van der Waals surface area (Å²) < 4.78 is 11.8. The van der Waals surface area contributed by atoms with Crippen molar-refractivity contribution in [3.8, 4) is 0 Å². The first kappa shape index (κ1) is 15.8. The van der Waals surface area contributed by atoms with Crippen molar-refractivity contribution in [2.75, 3.05) is 19.8 Å². The molecule has 2 aliphatic heterocycles. The summed E-state index contributed by atoms with van der Waals surface area (Å²) in [5, 5.41) is 0. The lowest BCUT2D eigenvalue weighted by atomic mass is 9.69. The third-order valence-electron chi connectivity index (χ3n) is 6.56. The van der Waals surface area contributed by atoms with E-state index in [4.69, 9.17) is 15.2 Å². The minimum Gasteiger partial charge on any atom is -0.381 e. The topological polar surface area (TPSA) is 44.5 Å². The Morgan fingerprint density at radius 2 is 1.81 bits per heavy atom. The Balaban J connectivity index is 1.67. The molecule has 1 aliphatic carbocycles. The second-order valence-corrected chi connectivity index (χ2v) is 7.77. The summed E-state index contributed by atoms with van der Waals surface area (Å²) in [6.07, 6.45) is 12.3. The number of ether oxygens (including phenoxy) is 2. The Hall–Kier alpha value is -0.120. The Morgan fingerprint density at radius 3 is 2.57 bits per heavy atom. The van der Waals surface area contributed by atoms with Crippen LogP contribution in [-0.2, 0) is 9.47 Å². The molecule has 3 unspecified atom stereocenters. The predicted molar refractivity (Wildman–Crippen MR) is 85.2 cm³/mol. The molecule has 122 valence electrons. The van der Waals surface area contributed by atoms with E-state index in [9.17, 15) is 0 Å². The lowest BCUT2D eigenvalue weighted by Gasteiger charge is -2.48. The summed E-state index contributed by atoms with van der Waals surface area (Å²) in [6, 6.07) is 0. The zero-order valence-corrected chi connectivity index (χ0v) is 13.7. The van der Waals surface area contributed by atoms with Crippen LogP contribution in [0.1, 0.15) is 71.1 Å². The summed E-state index contributed by atoms with van der Waals surface area (Å²) in [4.78, 5) is 0. The summed E-state index contributed by atoms with van der Waals surface area (Å²) >= 11 is 0. The molecular formula is C18H33NO2. The first-order valence-corrected chi connectivity index (χ1v) is 9.16. The molecule has 1 saturated carbocycles. The normalized spacial score (nSPS) is 40.9. The van der Waals surface area contributed by atoms with Crippen molar-refractivity contribution in [1.82, 2.24) is 0 Å². The van der Waals surface area contributed by atoms with Gasteiger partial charge in [0.15, 0.2) is 0 Å². The molecule has 21 heavy (non-hydrogen) atoms. The van der Waals surface area contributed by atoms with E-state index >= 15 is 0 Å². The average molecular weight is 295 g/mol. The first-order chi connectivity index (χ1) is 10.2. The molecule has 0 bridgehead atoms. The molecule has 3 aliphatic rings. The van der Waals surface area contributed by atoms with Crippen LogP contribution in [0, 0.1) is 11.8 Å². The van der Waals surface area contributed by atoms with Gasteiger partial charge in [0.2, 0.25) is 0 Å². The maximum atomic E-state index is 6.95. The first-order valence-electron chi connectivity index (χ1n) is 9.16. The molecule has 2 heterocycles. The molecule has 3 heteroatoms. The van der Waals surface area contributed by atoms with Gasteiger partial charge in [0.25, 0.3) is 0 Å². The van der Waals surface area contributed by atoms with E-state index in [2.05, 4.69) is 6.92 Å². The van der Waals surface area contributed by atoms with Crippen molar-refractivity contribution in [3.63, 3.8) is 0 Å². The molecule has 2 saturated heterocycles. The van der Waals surface area contributed by atoms with Crippen LogP contribution in [0.4, 0.5) is 0 Å². The average Bonchev–Trinajstić information content (AvgIpc) is 2.71. The molecular weight excluding hydrogens is 262 g/mol. The predicted octanol–water partition coefficient (Wildman–Crippen LogP) is 3.65. The van der Waals surface area contributed by atoms with Gasteiger partial charge in [0.1, 0.15) is 0 Å². The van der Waals surface area contributed by atoms with E-state index in [1.54, 1.807) is 0 Å². The maximum absolute atomic E-state index is 6.95. The number of hydrogen-bond donors (Lipinski definition) is 1. The van der Waals surface area contributed by atoms with Crippen LogP contribution in [-0.4, -0.2) is 31.0 Å². The molecule has 0 amide bonds. The zero-order valence-electron chi connectivity index (χ0n) is 13.7. The molecule has 3 rings (SSSR count). The fraction of sp³-hybridized carbons (Fsp3) is 1.00. The van der Waals surface area contributed by atoms with Gasteiger partial charge in [0, 0.05) is 25.4 Å². The standard InChI is InChI=1S/C18H33NO2/c1-2-15-4-3-7-18(19,8-5-15)16-6-11-21-17(14-16)9-12-20-13-10-17/h15-16H,2-14,19H2,1H3. The highest BCUT2D eigenvalue weighted by molar-refractivity contribution is 5.00. The molecule has 1 spiro atoms. The van der Waals surface area contributed by atoms with Crippen molar-refractivity contribution < 1.29 is 9.47 Å². The van der Waals surface area contributed by atoms with Crippen LogP contribution in [0.25, 0.3) is 0 Å². The van der Waals surface area contributed by atoms with E-state index in [-0.39, 0.29) is 11.1 Å². The van der Waals surface area contributed by atoms with Crippen molar-refractivity contribution in [3.05, 3.63) is 0 Å². The molecule has 0 aromatic heterocycles. The molecule has 3 fully saturated rings. The van der Waals surface area contributed by atoms with Crippen LogP contribution in [0.2, 0.25) is 0 Å². The highest BCUT2D eigenvalue weighted by atomic mass is 16.5.